The van der Waals surface area contributed by atoms with Gasteiger partial charge in [0.1, 0.15) is 12.0 Å². The topological polar surface area (TPSA) is 125 Å². The molecule has 31 heavy (non-hydrogen) atoms. The summed E-state index contributed by atoms with van der Waals surface area (Å²) in [5.41, 5.74) is -0.449. The van der Waals surface area contributed by atoms with E-state index in [4.69, 9.17) is 13.8 Å². The number of pyridine rings is 1. The third-order valence-corrected chi connectivity index (χ3v) is 6.05. The van der Waals surface area contributed by atoms with E-state index in [0.717, 1.165) is 0 Å². The normalized spacial score (nSPS) is 20.1. The fraction of sp³-hybridized carbons (Fsp3) is 0.250. The average molecular weight is 444 g/mol. The molecule has 1 unspecified atom stereocenters. The van der Waals surface area contributed by atoms with E-state index in [-0.39, 0.29) is 6.61 Å². The number of ether oxygens (including phenoxy) is 1. The number of hydrogen-bond donors (Lipinski definition) is 2. The Balaban J connectivity index is 1.44. The first-order valence-electron chi connectivity index (χ1n) is 9.65. The second-order valence-electron chi connectivity index (χ2n) is 6.86. The highest BCUT2D eigenvalue weighted by Crippen LogP contribution is 2.48. The molecule has 0 radical (unpaired) electrons. The maximum atomic E-state index is 13.4. The molecule has 0 bridgehead atoms. The van der Waals surface area contributed by atoms with E-state index >= 15 is 0 Å². The Morgan fingerprint density at radius 2 is 2.00 bits per heavy atom. The summed E-state index contributed by atoms with van der Waals surface area (Å²) in [5.74, 6) is 0.291. The largest absolute Gasteiger partial charge is 0.486 e. The lowest BCUT2D eigenvalue weighted by Gasteiger charge is -2.22. The average Bonchev–Trinajstić information content (AvgIpc) is 3.22. The van der Waals surface area contributed by atoms with Crippen molar-refractivity contribution in [1.29, 1.82) is 0 Å². The minimum atomic E-state index is -3.81. The van der Waals surface area contributed by atoms with E-state index in [1.165, 1.54) is 23.0 Å². The van der Waals surface area contributed by atoms with Crippen LogP contribution in [0.1, 0.15) is 19.1 Å². The molecule has 0 aliphatic carbocycles. The molecule has 1 aliphatic heterocycles. The van der Waals surface area contributed by atoms with Gasteiger partial charge in [0, 0.05) is 24.1 Å². The van der Waals surface area contributed by atoms with E-state index in [0.29, 0.717) is 24.3 Å². The number of nitrogens with zero attached hydrogens (tertiary/aromatic N) is 2. The molecule has 11 heteroatoms. The van der Waals surface area contributed by atoms with Crippen LogP contribution in [-0.2, 0) is 13.8 Å². The highest BCUT2D eigenvalue weighted by atomic mass is 31.2. The van der Waals surface area contributed by atoms with Crippen LogP contribution >= 0.6 is 7.75 Å². The summed E-state index contributed by atoms with van der Waals surface area (Å²) >= 11 is 0. The van der Waals surface area contributed by atoms with Gasteiger partial charge in [-0.3, -0.25) is 28.9 Å². The van der Waals surface area contributed by atoms with Gasteiger partial charge in [-0.25, -0.2) is 9.36 Å². The zero-order valence-electron chi connectivity index (χ0n) is 16.4. The van der Waals surface area contributed by atoms with Gasteiger partial charge >= 0.3 is 13.4 Å². The highest BCUT2D eigenvalue weighted by Gasteiger charge is 2.33. The Bertz CT molecular complexity index is 1120. The van der Waals surface area contributed by atoms with Crippen LogP contribution in [0.5, 0.6) is 5.75 Å². The molecule has 3 heterocycles. The molecule has 162 valence electrons. The van der Waals surface area contributed by atoms with Crippen molar-refractivity contribution < 1.29 is 18.3 Å². The van der Waals surface area contributed by atoms with Gasteiger partial charge in [0.25, 0.3) is 5.56 Å². The molecular formula is C20H21N4O6P. The smallest absolute Gasteiger partial charge is 0.407 e. The number of hydrogen-bond acceptors (Lipinski definition) is 7. The zero-order valence-corrected chi connectivity index (χ0v) is 17.3. The van der Waals surface area contributed by atoms with Gasteiger partial charge in [-0.1, -0.05) is 18.2 Å². The zero-order chi connectivity index (χ0) is 21.7. The van der Waals surface area contributed by atoms with Crippen LogP contribution in [0.3, 0.4) is 0 Å². The molecule has 3 aromatic rings. The highest BCUT2D eigenvalue weighted by molar-refractivity contribution is 7.55. The number of aromatic nitrogens is 3. The number of H-pyrrole nitrogens is 1. The van der Waals surface area contributed by atoms with Crippen molar-refractivity contribution in [1.82, 2.24) is 14.5 Å². The van der Waals surface area contributed by atoms with E-state index in [2.05, 4.69) is 15.1 Å². The minimum absolute atomic E-state index is 0.0218. The Hall–Kier alpha value is -3.20. The first-order valence-corrected chi connectivity index (χ1v) is 11.2. The summed E-state index contributed by atoms with van der Waals surface area (Å²) in [6.45, 7) is -0.0218. The van der Waals surface area contributed by atoms with Crippen molar-refractivity contribution in [3.63, 3.8) is 0 Å². The van der Waals surface area contributed by atoms with Crippen molar-refractivity contribution in [2.24, 2.45) is 0 Å². The predicted molar refractivity (Wildman–Crippen MR) is 113 cm³/mol. The van der Waals surface area contributed by atoms with Crippen LogP contribution in [0.4, 0.5) is 5.69 Å². The monoisotopic (exact) mass is 444 g/mol. The molecule has 0 spiro atoms. The molecule has 0 amide bonds. The first-order chi connectivity index (χ1) is 15.0. The lowest BCUT2D eigenvalue weighted by Crippen LogP contribution is -2.31. The molecule has 1 fully saturated rings. The number of rotatable bonds is 8. The minimum Gasteiger partial charge on any atom is -0.407 e. The maximum absolute atomic E-state index is 13.4. The molecule has 2 N–H and O–H groups in total. The van der Waals surface area contributed by atoms with Crippen molar-refractivity contribution in [3.05, 3.63) is 88.0 Å². The van der Waals surface area contributed by atoms with Gasteiger partial charge < -0.3 is 9.26 Å². The van der Waals surface area contributed by atoms with Crippen LogP contribution < -0.4 is 20.9 Å². The van der Waals surface area contributed by atoms with Gasteiger partial charge in [-0.15, -0.1) is 0 Å². The summed E-state index contributed by atoms with van der Waals surface area (Å²) in [5, 5.41) is 2.82. The molecule has 3 atom stereocenters. The van der Waals surface area contributed by atoms with Crippen molar-refractivity contribution in [2.45, 2.75) is 25.2 Å². The summed E-state index contributed by atoms with van der Waals surface area (Å²) in [7, 11) is -3.81. The molecule has 1 aliphatic rings. The maximum Gasteiger partial charge on any atom is 0.486 e. The van der Waals surface area contributed by atoms with Crippen LogP contribution in [0, 0.1) is 0 Å². The van der Waals surface area contributed by atoms with Crippen LogP contribution in [0.25, 0.3) is 0 Å². The lowest BCUT2D eigenvalue weighted by molar-refractivity contribution is -0.0210. The number of benzene rings is 1. The van der Waals surface area contributed by atoms with Gasteiger partial charge in [-0.05, 0) is 37.1 Å². The molecular weight excluding hydrogens is 423 g/mol. The van der Waals surface area contributed by atoms with Gasteiger partial charge in [0.2, 0.25) is 0 Å². The molecule has 0 saturated carbocycles. The first kappa shape index (κ1) is 21.0. The molecule has 10 nitrogen and oxygen atoms in total. The number of aromatic amines is 1. The van der Waals surface area contributed by atoms with Gasteiger partial charge in [0.15, 0.2) is 0 Å². The number of nitrogens with one attached hydrogen (secondary N) is 2. The quantitative estimate of drug-likeness (QED) is 0.508. The van der Waals surface area contributed by atoms with E-state index in [1.807, 2.05) is 6.07 Å². The van der Waals surface area contributed by atoms with E-state index < -0.39 is 31.3 Å². The fourth-order valence-electron chi connectivity index (χ4n) is 3.14. The summed E-state index contributed by atoms with van der Waals surface area (Å²) < 4.78 is 31.9. The van der Waals surface area contributed by atoms with Gasteiger partial charge in [-0.2, -0.15) is 0 Å². The second-order valence-corrected chi connectivity index (χ2v) is 8.52. The third kappa shape index (κ3) is 5.49. The van der Waals surface area contributed by atoms with Crippen molar-refractivity contribution in [2.75, 3.05) is 11.7 Å². The third-order valence-electron chi connectivity index (χ3n) is 4.58. The van der Waals surface area contributed by atoms with E-state index in [1.54, 1.807) is 42.6 Å². The molecule has 1 aromatic carbocycles. The second kappa shape index (κ2) is 9.30. The summed E-state index contributed by atoms with van der Waals surface area (Å²) in [6.07, 6.45) is 4.57. The van der Waals surface area contributed by atoms with E-state index in [9.17, 15) is 14.2 Å². The lowest BCUT2D eigenvalue weighted by atomic mass is 10.2. The molecule has 1 saturated heterocycles. The summed E-state index contributed by atoms with van der Waals surface area (Å²) in [4.78, 5) is 29.4. The Morgan fingerprint density at radius 1 is 1.16 bits per heavy atom. The van der Waals surface area contributed by atoms with Crippen LogP contribution in [0.2, 0.25) is 0 Å². The Kier molecular flexibility index (Phi) is 6.31. The Labute approximate surface area is 177 Å². The molecule has 2 aromatic heterocycles. The van der Waals surface area contributed by atoms with Crippen molar-refractivity contribution >= 4 is 13.4 Å². The Morgan fingerprint density at radius 3 is 2.74 bits per heavy atom. The van der Waals surface area contributed by atoms with Crippen LogP contribution in [-0.4, -0.2) is 27.2 Å². The fourth-order valence-corrected chi connectivity index (χ4v) is 4.52. The molecule has 4 rings (SSSR count). The number of anilines is 1. The SMILES string of the molecule is O=c1ccn([C@H]2CC[C@@H](COP(=O)(Nc3ccccc3)Oc3cccnc3)O2)c(=O)[nH]1. The van der Waals surface area contributed by atoms with Gasteiger partial charge in [0.05, 0.1) is 18.9 Å². The summed E-state index contributed by atoms with van der Waals surface area (Å²) in [6, 6.07) is 13.5. The standard InChI is InChI=1S/C20H21N4O6P/c25-18-10-12-24(20(26)22-18)19-9-8-17(29-19)14-28-31(27,23-15-5-2-1-3-6-15)30-16-7-4-11-21-13-16/h1-7,10-13,17,19H,8-9,14H2,(H,23,27)(H,22,25,26)/t17-,19+,31?/m0/s1. The van der Waals surface area contributed by atoms with Crippen LogP contribution in [0.15, 0.2) is 76.7 Å². The van der Waals surface area contributed by atoms with Crippen molar-refractivity contribution in [3.8, 4) is 5.75 Å². The predicted octanol–water partition coefficient (Wildman–Crippen LogP) is 2.93. The number of para-hydroxylation sites is 1.